The van der Waals surface area contributed by atoms with Gasteiger partial charge in [0.25, 0.3) is 5.91 Å². The number of halogens is 2. The third kappa shape index (κ3) is 2.82. The second-order valence-electron chi connectivity index (χ2n) is 3.71. The molecule has 2 N–H and O–H groups in total. The molecular formula is C13H11ClFN3O. The average molecular weight is 280 g/mol. The minimum Gasteiger partial charge on any atom is -0.371 e. The van der Waals surface area contributed by atoms with E-state index in [-0.39, 0.29) is 11.4 Å². The van der Waals surface area contributed by atoms with Crippen LogP contribution in [0.5, 0.6) is 0 Å². The average Bonchev–Trinajstić information content (AvgIpc) is 2.41. The lowest BCUT2D eigenvalue weighted by Gasteiger charge is -2.09. The minimum atomic E-state index is -0.699. The normalized spacial score (nSPS) is 10.1. The van der Waals surface area contributed by atoms with Gasteiger partial charge in [-0.25, -0.2) is 9.37 Å². The molecule has 0 saturated carbocycles. The van der Waals surface area contributed by atoms with E-state index in [2.05, 4.69) is 15.6 Å². The molecular weight excluding hydrogens is 269 g/mol. The Balaban J connectivity index is 2.28. The van der Waals surface area contributed by atoms with Crippen molar-refractivity contribution in [3.8, 4) is 0 Å². The van der Waals surface area contributed by atoms with Crippen LogP contribution >= 0.6 is 11.6 Å². The van der Waals surface area contributed by atoms with E-state index in [4.69, 9.17) is 11.6 Å². The smallest absolute Gasteiger partial charge is 0.258 e. The van der Waals surface area contributed by atoms with Crippen LogP contribution in [0.3, 0.4) is 0 Å². The van der Waals surface area contributed by atoms with Crippen LogP contribution in [0.4, 0.5) is 15.9 Å². The Labute approximate surface area is 114 Å². The summed E-state index contributed by atoms with van der Waals surface area (Å²) < 4.78 is 13.9. The first-order chi connectivity index (χ1) is 9.13. The van der Waals surface area contributed by atoms with Crippen molar-refractivity contribution >= 4 is 29.0 Å². The van der Waals surface area contributed by atoms with Gasteiger partial charge in [-0.05, 0) is 18.2 Å². The molecule has 2 aromatic rings. The van der Waals surface area contributed by atoms with E-state index < -0.39 is 11.7 Å². The number of amides is 1. The quantitative estimate of drug-likeness (QED) is 0.907. The van der Waals surface area contributed by atoms with Gasteiger partial charge in [-0.2, -0.15) is 0 Å². The van der Waals surface area contributed by atoms with E-state index in [1.807, 2.05) is 0 Å². The summed E-state index contributed by atoms with van der Waals surface area (Å²) in [4.78, 5) is 15.8. The first kappa shape index (κ1) is 13.3. The van der Waals surface area contributed by atoms with Crippen molar-refractivity contribution in [3.05, 3.63) is 52.9 Å². The van der Waals surface area contributed by atoms with Gasteiger partial charge in [0.1, 0.15) is 0 Å². The first-order valence-corrected chi connectivity index (χ1v) is 5.89. The summed E-state index contributed by atoms with van der Waals surface area (Å²) in [6.07, 6.45) is 1.36. The van der Waals surface area contributed by atoms with Gasteiger partial charge in [-0.1, -0.05) is 23.7 Å². The molecule has 0 saturated heterocycles. The van der Waals surface area contributed by atoms with Gasteiger partial charge in [0, 0.05) is 13.2 Å². The third-order valence-corrected chi connectivity index (χ3v) is 2.82. The first-order valence-electron chi connectivity index (χ1n) is 5.51. The molecule has 4 nitrogen and oxygen atoms in total. The Morgan fingerprint density at radius 1 is 1.32 bits per heavy atom. The van der Waals surface area contributed by atoms with Gasteiger partial charge >= 0.3 is 0 Å². The predicted octanol–water partition coefficient (Wildman–Crippen LogP) is 3.17. The van der Waals surface area contributed by atoms with Gasteiger partial charge < -0.3 is 10.6 Å². The van der Waals surface area contributed by atoms with Crippen molar-refractivity contribution in [2.75, 3.05) is 17.7 Å². The molecule has 1 aromatic heterocycles. The number of hydrogen-bond acceptors (Lipinski definition) is 3. The van der Waals surface area contributed by atoms with Crippen molar-refractivity contribution in [1.29, 1.82) is 0 Å². The summed E-state index contributed by atoms with van der Waals surface area (Å²) in [7, 11) is 1.53. The summed E-state index contributed by atoms with van der Waals surface area (Å²) in [5, 5.41) is 5.51. The number of aromatic nitrogens is 1. The maximum Gasteiger partial charge on any atom is 0.258 e. The van der Waals surface area contributed by atoms with Gasteiger partial charge in [-0.3, -0.25) is 4.79 Å². The molecule has 6 heteroatoms. The van der Waals surface area contributed by atoms with E-state index in [1.165, 1.54) is 19.3 Å². The van der Waals surface area contributed by atoms with Gasteiger partial charge in [-0.15, -0.1) is 0 Å². The lowest BCUT2D eigenvalue weighted by Crippen LogP contribution is -2.15. The number of carbonyl (C=O) groups excluding carboxylic acids is 1. The molecule has 0 spiro atoms. The molecule has 2 rings (SSSR count). The molecule has 1 aromatic carbocycles. The fourth-order valence-corrected chi connectivity index (χ4v) is 1.73. The monoisotopic (exact) mass is 279 g/mol. The van der Waals surface area contributed by atoms with Gasteiger partial charge in [0.15, 0.2) is 11.6 Å². The van der Waals surface area contributed by atoms with Crippen LogP contribution in [-0.4, -0.2) is 17.9 Å². The van der Waals surface area contributed by atoms with Crippen molar-refractivity contribution in [2.45, 2.75) is 0 Å². The van der Waals surface area contributed by atoms with Gasteiger partial charge in [0.2, 0.25) is 0 Å². The number of pyridine rings is 1. The van der Waals surface area contributed by atoms with Crippen LogP contribution < -0.4 is 10.6 Å². The molecule has 0 aliphatic heterocycles. The van der Waals surface area contributed by atoms with Crippen molar-refractivity contribution in [1.82, 2.24) is 4.98 Å². The number of hydrogen-bond donors (Lipinski definition) is 2. The van der Waals surface area contributed by atoms with Gasteiger partial charge in [0.05, 0.1) is 16.3 Å². The molecule has 0 radical (unpaired) electrons. The highest BCUT2D eigenvalue weighted by Crippen LogP contribution is 2.22. The molecule has 19 heavy (non-hydrogen) atoms. The Morgan fingerprint density at radius 3 is 2.74 bits per heavy atom. The maximum absolute atomic E-state index is 13.9. The summed E-state index contributed by atoms with van der Waals surface area (Å²) >= 11 is 5.92. The zero-order chi connectivity index (χ0) is 13.8. The number of nitrogens with one attached hydrogen (secondary N) is 2. The van der Waals surface area contributed by atoms with E-state index in [9.17, 15) is 9.18 Å². The Morgan fingerprint density at radius 2 is 2.05 bits per heavy atom. The topological polar surface area (TPSA) is 54.0 Å². The second-order valence-corrected chi connectivity index (χ2v) is 4.11. The molecule has 0 atom stereocenters. The Hall–Kier alpha value is -2.14. The number of benzene rings is 1. The molecule has 98 valence electrons. The van der Waals surface area contributed by atoms with Crippen molar-refractivity contribution < 1.29 is 9.18 Å². The van der Waals surface area contributed by atoms with Crippen LogP contribution in [0, 0.1) is 5.82 Å². The molecule has 0 unspecified atom stereocenters. The fourth-order valence-electron chi connectivity index (χ4n) is 1.55. The maximum atomic E-state index is 13.9. The van der Waals surface area contributed by atoms with E-state index >= 15 is 0 Å². The fraction of sp³-hybridized carbons (Fsp3) is 0.0769. The lowest BCUT2D eigenvalue weighted by atomic mass is 10.2. The minimum absolute atomic E-state index is 0.0202. The largest absolute Gasteiger partial charge is 0.371 e. The molecule has 0 aliphatic rings. The van der Waals surface area contributed by atoms with Crippen LogP contribution in [0.2, 0.25) is 5.02 Å². The van der Waals surface area contributed by atoms with Crippen LogP contribution in [0.1, 0.15) is 10.4 Å². The van der Waals surface area contributed by atoms with E-state index in [0.717, 1.165) is 0 Å². The highest BCUT2D eigenvalue weighted by molar-refractivity contribution is 6.33. The summed E-state index contributed by atoms with van der Waals surface area (Å²) in [6.45, 7) is 0. The highest BCUT2D eigenvalue weighted by atomic mass is 35.5. The van der Waals surface area contributed by atoms with Crippen molar-refractivity contribution in [3.63, 3.8) is 0 Å². The zero-order valence-corrected chi connectivity index (χ0v) is 10.8. The zero-order valence-electron chi connectivity index (χ0n) is 10.1. The van der Waals surface area contributed by atoms with Crippen molar-refractivity contribution in [2.24, 2.45) is 0 Å². The Kier molecular flexibility index (Phi) is 3.97. The number of para-hydroxylation sites is 1. The number of rotatable bonds is 3. The molecule has 1 heterocycles. The molecule has 1 amide bonds. The second kappa shape index (κ2) is 5.67. The summed E-state index contributed by atoms with van der Waals surface area (Å²) in [5.41, 5.74) is 0.329. The molecule has 0 fully saturated rings. The summed E-state index contributed by atoms with van der Waals surface area (Å²) in [5.74, 6) is -1.26. The SMILES string of the molecule is CNc1nccc(C(=O)Nc2ccccc2Cl)c1F. The number of carbonyl (C=O) groups is 1. The molecule has 0 aliphatic carbocycles. The van der Waals surface area contributed by atoms with Crippen LogP contribution in [-0.2, 0) is 0 Å². The van der Waals surface area contributed by atoms with E-state index in [0.29, 0.717) is 10.7 Å². The number of nitrogens with zero attached hydrogens (tertiary/aromatic N) is 1. The standard InChI is InChI=1S/C13H11ClFN3O/c1-16-12-11(15)8(6-7-17-12)13(19)18-10-5-3-2-4-9(10)14/h2-7H,1H3,(H,16,17)(H,18,19). The van der Waals surface area contributed by atoms with Crippen LogP contribution in [0.15, 0.2) is 36.5 Å². The third-order valence-electron chi connectivity index (χ3n) is 2.49. The lowest BCUT2D eigenvalue weighted by molar-refractivity contribution is 0.102. The Bertz CT molecular complexity index is 619. The molecule has 0 bridgehead atoms. The van der Waals surface area contributed by atoms with E-state index in [1.54, 1.807) is 24.3 Å². The predicted molar refractivity (Wildman–Crippen MR) is 73.1 cm³/mol. The highest BCUT2D eigenvalue weighted by Gasteiger charge is 2.16. The number of anilines is 2. The summed E-state index contributed by atoms with van der Waals surface area (Å²) in [6, 6.07) is 8.05. The van der Waals surface area contributed by atoms with Crippen LogP contribution in [0.25, 0.3) is 0 Å².